The van der Waals surface area contributed by atoms with Crippen molar-refractivity contribution in [1.29, 1.82) is 0 Å². The number of nitrogens with one attached hydrogen (secondary N) is 1. The molecular weight excluding hydrogens is 308 g/mol. The van der Waals surface area contributed by atoms with Gasteiger partial charge in [-0.2, -0.15) is 0 Å². The average molecular weight is 328 g/mol. The molecule has 0 radical (unpaired) electrons. The van der Waals surface area contributed by atoms with Crippen LogP contribution in [0.5, 0.6) is 0 Å². The van der Waals surface area contributed by atoms with Crippen LogP contribution in [-0.2, 0) is 4.74 Å². The minimum Gasteiger partial charge on any atom is -0.408 e. The highest BCUT2D eigenvalue weighted by Crippen LogP contribution is 2.40. The molecule has 2 heterocycles. The summed E-state index contributed by atoms with van der Waals surface area (Å²) in [5.41, 5.74) is 0.523. The van der Waals surface area contributed by atoms with Crippen molar-refractivity contribution in [3.63, 3.8) is 0 Å². The number of benzene rings is 1. The van der Waals surface area contributed by atoms with Gasteiger partial charge in [0, 0.05) is 12.5 Å². The number of amides is 1. The van der Waals surface area contributed by atoms with Gasteiger partial charge in [-0.15, -0.1) is 0 Å². The smallest absolute Gasteiger partial charge is 0.346 e. The normalized spacial score (nSPS) is 22.3. The number of rotatable bonds is 2. The summed E-state index contributed by atoms with van der Waals surface area (Å²) in [6, 6.07) is 4.90. The molecule has 2 aliphatic rings. The van der Waals surface area contributed by atoms with E-state index in [1.807, 2.05) is 0 Å². The van der Waals surface area contributed by atoms with E-state index >= 15 is 0 Å². The first kappa shape index (κ1) is 15.3. The van der Waals surface area contributed by atoms with Crippen LogP contribution in [0.3, 0.4) is 0 Å². The molecule has 4 rings (SSSR count). The maximum atomic E-state index is 12.5. The predicted molar refractivity (Wildman–Crippen MR) is 88.0 cm³/mol. The molecular formula is C18H20N2O4. The van der Waals surface area contributed by atoms with Gasteiger partial charge in [0.1, 0.15) is 0 Å². The summed E-state index contributed by atoms with van der Waals surface area (Å²) in [5.74, 6) is 0.130. The first-order valence-electron chi connectivity index (χ1n) is 8.41. The number of nitrogens with zero attached hydrogens (tertiary/aromatic N) is 1. The Morgan fingerprint density at radius 3 is 2.92 bits per heavy atom. The lowest BCUT2D eigenvalue weighted by Crippen LogP contribution is -2.36. The van der Waals surface area contributed by atoms with Crippen molar-refractivity contribution in [2.45, 2.75) is 50.7 Å². The number of aromatic nitrogens is 1. The summed E-state index contributed by atoms with van der Waals surface area (Å²) < 4.78 is 10.9. The standard InChI is InChI=1S/C18H20N2O4/c1-11-19-15-8-12(4-5-14(15)17(22)24-11)16(21)20-13-9-18(23-10-13)6-2-3-7-18/h4-5,8,13H,2-3,6-7,9-10H2,1H3,(H,20,21)/t13-/m0/s1. The molecule has 1 aliphatic heterocycles. The Hall–Kier alpha value is -2.21. The molecule has 0 bridgehead atoms. The molecule has 24 heavy (non-hydrogen) atoms. The Labute approximate surface area is 139 Å². The van der Waals surface area contributed by atoms with Crippen LogP contribution in [0.1, 0.15) is 48.4 Å². The fourth-order valence-electron chi connectivity index (χ4n) is 3.89. The summed E-state index contributed by atoms with van der Waals surface area (Å²) in [4.78, 5) is 28.5. The van der Waals surface area contributed by atoms with Crippen molar-refractivity contribution >= 4 is 16.8 Å². The van der Waals surface area contributed by atoms with Crippen molar-refractivity contribution in [2.75, 3.05) is 6.61 Å². The van der Waals surface area contributed by atoms with Crippen LogP contribution in [0.25, 0.3) is 10.9 Å². The van der Waals surface area contributed by atoms with E-state index in [4.69, 9.17) is 9.15 Å². The highest BCUT2D eigenvalue weighted by atomic mass is 16.5. The van der Waals surface area contributed by atoms with Crippen LogP contribution < -0.4 is 10.9 Å². The molecule has 0 unspecified atom stereocenters. The van der Waals surface area contributed by atoms with E-state index in [-0.39, 0.29) is 23.4 Å². The van der Waals surface area contributed by atoms with E-state index in [9.17, 15) is 9.59 Å². The topological polar surface area (TPSA) is 81.4 Å². The molecule has 2 fully saturated rings. The first-order chi connectivity index (χ1) is 11.5. The molecule has 6 heteroatoms. The quantitative estimate of drug-likeness (QED) is 0.915. The highest BCUT2D eigenvalue weighted by Gasteiger charge is 2.42. The van der Waals surface area contributed by atoms with Gasteiger partial charge in [-0.3, -0.25) is 4.79 Å². The van der Waals surface area contributed by atoms with Crippen LogP contribution in [0.2, 0.25) is 0 Å². The van der Waals surface area contributed by atoms with Gasteiger partial charge < -0.3 is 14.5 Å². The third kappa shape index (κ3) is 2.71. The van der Waals surface area contributed by atoms with E-state index < -0.39 is 5.63 Å². The first-order valence-corrected chi connectivity index (χ1v) is 8.41. The molecule has 1 spiro atoms. The molecule has 126 valence electrons. The Bertz CT molecular complexity index is 852. The van der Waals surface area contributed by atoms with E-state index in [0.717, 1.165) is 19.3 Å². The Balaban J connectivity index is 1.52. The van der Waals surface area contributed by atoms with Crippen molar-refractivity contribution in [3.8, 4) is 0 Å². The van der Waals surface area contributed by atoms with Gasteiger partial charge in [-0.1, -0.05) is 12.8 Å². The van der Waals surface area contributed by atoms with Crippen molar-refractivity contribution in [1.82, 2.24) is 10.3 Å². The molecule has 6 nitrogen and oxygen atoms in total. The van der Waals surface area contributed by atoms with Gasteiger partial charge in [-0.05, 0) is 37.5 Å². The molecule has 1 atom stereocenters. The van der Waals surface area contributed by atoms with Crippen molar-refractivity contribution in [2.24, 2.45) is 0 Å². The lowest BCUT2D eigenvalue weighted by Gasteiger charge is -2.21. The minimum absolute atomic E-state index is 0.0149. The molecule has 1 N–H and O–H groups in total. The summed E-state index contributed by atoms with van der Waals surface area (Å²) >= 11 is 0. The largest absolute Gasteiger partial charge is 0.408 e. The number of fused-ring (bicyclic) bond motifs is 1. The summed E-state index contributed by atoms with van der Waals surface area (Å²) in [6.07, 6.45) is 5.48. The summed E-state index contributed by atoms with van der Waals surface area (Å²) in [5, 5.41) is 3.43. The Morgan fingerprint density at radius 1 is 1.33 bits per heavy atom. The summed E-state index contributed by atoms with van der Waals surface area (Å²) in [7, 11) is 0. The van der Waals surface area contributed by atoms with E-state index in [1.54, 1.807) is 25.1 Å². The van der Waals surface area contributed by atoms with Gasteiger partial charge in [0.2, 0.25) is 0 Å². The van der Waals surface area contributed by atoms with Crippen LogP contribution >= 0.6 is 0 Å². The molecule has 1 aromatic heterocycles. The number of hydrogen-bond donors (Lipinski definition) is 1. The van der Waals surface area contributed by atoms with Crippen molar-refractivity contribution < 1.29 is 13.9 Å². The van der Waals surface area contributed by atoms with Gasteiger partial charge >= 0.3 is 5.63 Å². The van der Waals surface area contributed by atoms with Crippen molar-refractivity contribution in [3.05, 3.63) is 40.1 Å². The van der Waals surface area contributed by atoms with Gasteiger partial charge in [0.15, 0.2) is 5.89 Å². The number of hydrogen-bond acceptors (Lipinski definition) is 5. The maximum absolute atomic E-state index is 12.5. The molecule has 1 saturated heterocycles. The fraction of sp³-hybridized carbons (Fsp3) is 0.500. The minimum atomic E-state index is -0.433. The monoisotopic (exact) mass is 328 g/mol. The number of carbonyl (C=O) groups is 1. The zero-order valence-electron chi connectivity index (χ0n) is 13.6. The second-order valence-electron chi connectivity index (χ2n) is 6.83. The second kappa shape index (κ2) is 5.70. The lowest BCUT2D eigenvalue weighted by atomic mass is 9.96. The van der Waals surface area contributed by atoms with Crippen LogP contribution in [0.4, 0.5) is 0 Å². The van der Waals surface area contributed by atoms with E-state index in [2.05, 4.69) is 10.3 Å². The highest BCUT2D eigenvalue weighted by molar-refractivity contribution is 5.97. The lowest BCUT2D eigenvalue weighted by molar-refractivity contribution is 0.00988. The molecule has 2 aromatic rings. The SMILES string of the molecule is Cc1nc2cc(C(=O)N[C@@H]3COC4(CCCC4)C3)ccc2c(=O)o1. The third-order valence-electron chi connectivity index (χ3n) is 5.06. The van der Waals surface area contributed by atoms with Gasteiger partial charge in [0.25, 0.3) is 5.91 Å². The van der Waals surface area contributed by atoms with Crippen LogP contribution in [0.15, 0.2) is 27.4 Å². The van der Waals surface area contributed by atoms with Gasteiger partial charge in [0.05, 0.1) is 29.2 Å². The molecule has 1 aromatic carbocycles. The zero-order chi connectivity index (χ0) is 16.7. The molecule has 1 saturated carbocycles. The second-order valence-corrected chi connectivity index (χ2v) is 6.83. The number of ether oxygens (including phenoxy) is 1. The molecule has 1 aliphatic carbocycles. The average Bonchev–Trinajstić information content (AvgIpc) is 3.16. The Morgan fingerprint density at radius 2 is 2.12 bits per heavy atom. The van der Waals surface area contributed by atoms with Gasteiger partial charge in [-0.25, -0.2) is 9.78 Å². The maximum Gasteiger partial charge on any atom is 0.346 e. The van der Waals surface area contributed by atoms with Crippen LogP contribution in [-0.4, -0.2) is 29.1 Å². The van der Waals surface area contributed by atoms with Crippen LogP contribution in [0, 0.1) is 6.92 Å². The number of carbonyl (C=O) groups excluding carboxylic acids is 1. The predicted octanol–water partition coefficient (Wildman–Crippen LogP) is 2.33. The van der Waals surface area contributed by atoms with E-state index in [1.165, 1.54) is 12.8 Å². The fourth-order valence-corrected chi connectivity index (χ4v) is 3.89. The molecule has 1 amide bonds. The zero-order valence-corrected chi connectivity index (χ0v) is 13.6. The summed E-state index contributed by atoms with van der Waals surface area (Å²) in [6.45, 7) is 2.19. The Kier molecular flexibility index (Phi) is 3.64. The van der Waals surface area contributed by atoms with E-state index in [0.29, 0.717) is 23.1 Å². The number of aryl methyl sites for hydroxylation is 1. The third-order valence-corrected chi connectivity index (χ3v) is 5.06.